The molecule has 1 rings (SSSR count). The minimum atomic E-state index is 0.284. The van der Waals surface area contributed by atoms with Crippen molar-refractivity contribution in [1.29, 1.82) is 0 Å². The maximum Gasteiger partial charge on any atom is 0.115 e. The molecule has 1 aromatic carbocycles. The van der Waals surface area contributed by atoms with Gasteiger partial charge >= 0.3 is 0 Å². The predicted octanol–water partition coefficient (Wildman–Crippen LogP) is 2.36. The third kappa shape index (κ3) is 4.53. The Morgan fingerprint density at radius 3 is 2.93 bits per heavy atom. The summed E-state index contributed by atoms with van der Waals surface area (Å²) in [6.07, 6.45) is 1.05. The number of benzene rings is 1. The standard InChI is InChI=1S/C11H17NOS/c1-9(12)5-6-14-8-10-3-2-4-11(13)7-10/h2-4,7,9,13H,5-6,8,12H2,1H3. The molecule has 78 valence electrons. The monoisotopic (exact) mass is 211 g/mol. The first-order valence-corrected chi connectivity index (χ1v) is 5.95. The number of nitrogens with two attached hydrogens (primary N) is 1. The molecule has 0 saturated carbocycles. The molecule has 0 spiro atoms. The van der Waals surface area contributed by atoms with Crippen LogP contribution in [-0.4, -0.2) is 16.9 Å². The normalized spacial score (nSPS) is 12.7. The Morgan fingerprint density at radius 2 is 2.29 bits per heavy atom. The molecular formula is C11H17NOS. The number of aromatic hydroxyl groups is 1. The summed E-state index contributed by atoms with van der Waals surface area (Å²) in [5.41, 5.74) is 6.81. The molecule has 0 saturated heterocycles. The van der Waals surface area contributed by atoms with Crippen LogP contribution in [-0.2, 0) is 5.75 Å². The summed E-state index contributed by atoms with van der Waals surface area (Å²) in [6, 6.07) is 7.68. The number of hydrogen-bond acceptors (Lipinski definition) is 3. The van der Waals surface area contributed by atoms with Crippen LogP contribution in [0.5, 0.6) is 5.75 Å². The van der Waals surface area contributed by atoms with Gasteiger partial charge in [-0.05, 0) is 36.8 Å². The van der Waals surface area contributed by atoms with Crippen LogP contribution in [0.25, 0.3) is 0 Å². The van der Waals surface area contributed by atoms with E-state index >= 15 is 0 Å². The maximum atomic E-state index is 9.23. The Labute approximate surface area is 89.5 Å². The van der Waals surface area contributed by atoms with Gasteiger partial charge in [-0.25, -0.2) is 0 Å². The first kappa shape index (κ1) is 11.4. The van der Waals surface area contributed by atoms with Crippen molar-refractivity contribution in [2.24, 2.45) is 5.73 Å². The zero-order valence-electron chi connectivity index (χ0n) is 8.44. The van der Waals surface area contributed by atoms with Gasteiger partial charge in [0.25, 0.3) is 0 Å². The molecule has 1 aromatic rings. The molecule has 1 unspecified atom stereocenters. The van der Waals surface area contributed by atoms with E-state index in [2.05, 4.69) is 0 Å². The van der Waals surface area contributed by atoms with Crippen LogP contribution in [0.1, 0.15) is 18.9 Å². The van der Waals surface area contributed by atoms with E-state index in [1.54, 1.807) is 12.1 Å². The van der Waals surface area contributed by atoms with Crippen molar-refractivity contribution >= 4 is 11.8 Å². The Balaban J connectivity index is 2.25. The second-order valence-corrected chi connectivity index (χ2v) is 4.59. The van der Waals surface area contributed by atoms with Gasteiger partial charge in [0.15, 0.2) is 0 Å². The van der Waals surface area contributed by atoms with Crippen molar-refractivity contribution in [2.75, 3.05) is 5.75 Å². The highest BCUT2D eigenvalue weighted by Gasteiger charge is 1.97. The molecule has 0 aliphatic heterocycles. The molecule has 0 bridgehead atoms. The fourth-order valence-corrected chi connectivity index (χ4v) is 2.20. The van der Waals surface area contributed by atoms with Crippen molar-refractivity contribution in [1.82, 2.24) is 0 Å². The largest absolute Gasteiger partial charge is 0.508 e. The average molecular weight is 211 g/mol. The lowest BCUT2D eigenvalue weighted by Crippen LogP contribution is -2.15. The van der Waals surface area contributed by atoms with Gasteiger partial charge in [-0.15, -0.1) is 0 Å². The fourth-order valence-electron chi connectivity index (χ4n) is 1.11. The Morgan fingerprint density at radius 1 is 1.50 bits per heavy atom. The molecule has 0 heterocycles. The summed E-state index contributed by atoms with van der Waals surface area (Å²) in [7, 11) is 0. The van der Waals surface area contributed by atoms with Crippen LogP contribution in [0.4, 0.5) is 0 Å². The second-order valence-electron chi connectivity index (χ2n) is 3.49. The highest BCUT2D eigenvalue weighted by atomic mass is 32.2. The first-order valence-electron chi connectivity index (χ1n) is 4.79. The van der Waals surface area contributed by atoms with Crippen LogP contribution in [0.2, 0.25) is 0 Å². The zero-order valence-corrected chi connectivity index (χ0v) is 9.26. The molecule has 0 radical (unpaired) electrons. The molecule has 0 amide bonds. The van der Waals surface area contributed by atoms with Crippen LogP contribution in [0, 0.1) is 0 Å². The highest BCUT2D eigenvalue weighted by Crippen LogP contribution is 2.17. The summed E-state index contributed by atoms with van der Waals surface area (Å²) < 4.78 is 0. The average Bonchev–Trinajstić information content (AvgIpc) is 2.12. The quantitative estimate of drug-likeness (QED) is 0.735. The smallest absolute Gasteiger partial charge is 0.115 e. The van der Waals surface area contributed by atoms with Crippen molar-refractivity contribution in [3.8, 4) is 5.75 Å². The summed E-state index contributed by atoms with van der Waals surface area (Å²) in [5.74, 6) is 2.37. The van der Waals surface area contributed by atoms with Gasteiger partial charge in [0.05, 0.1) is 0 Å². The van der Waals surface area contributed by atoms with Gasteiger partial charge in [0, 0.05) is 11.8 Å². The molecule has 0 fully saturated rings. The van der Waals surface area contributed by atoms with Gasteiger partial charge in [0.1, 0.15) is 5.75 Å². The van der Waals surface area contributed by atoms with Crippen molar-refractivity contribution in [3.05, 3.63) is 29.8 Å². The number of thioether (sulfide) groups is 1. The molecule has 1 atom stereocenters. The van der Waals surface area contributed by atoms with Crippen LogP contribution in [0.3, 0.4) is 0 Å². The lowest BCUT2D eigenvalue weighted by Gasteiger charge is -2.04. The zero-order chi connectivity index (χ0) is 10.4. The van der Waals surface area contributed by atoms with E-state index in [9.17, 15) is 5.11 Å². The maximum absolute atomic E-state index is 9.23. The number of phenols is 1. The SMILES string of the molecule is CC(N)CCSCc1cccc(O)c1. The van der Waals surface area contributed by atoms with Crippen LogP contribution in [0.15, 0.2) is 24.3 Å². The molecule has 0 aliphatic rings. The van der Waals surface area contributed by atoms with Gasteiger partial charge in [-0.3, -0.25) is 0 Å². The molecular weight excluding hydrogens is 194 g/mol. The van der Waals surface area contributed by atoms with Crippen molar-refractivity contribution < 1.29 is 5.11 Å². The fraction of sp³-hybridized carbons (Fsp3) is 0.455. The van der Waals surface area contributed by atoms with E-state index < -0.39 is 0 Å². The lowest BCUT2D eigenvalue weighted by atomic mass is 10.2. The Hall–Kier alpha value is -0.670. The van der Waals surface area contributed by atoms with Crippen molar-refractivity contribution in [3.63, 3.8) is 0 Å². The highest BCUT2D eigenvalue weighted by molar-refractivity contribution is 7.98. The van der Waals surface area contributed by atoms with Gasteiger partial charge in [-0.1, -0.05) is 12.1 Å². The van der Waals surface area contributed by atoms with E-state index in [1.165, 1.54) is 5.56 Å². The third-order valence-electron chi connectivity index (χ3n) is 1.90. The van der Waals surface area contributed by atoms with Gasteiger partial charge in [-0.2, -0.15) is 11.8 Å². The van der Waals surface area contributed by atoms with E-state index in [0.29, 0.717) is 5.75 Å². The molecule has 3 N–H and O–H groups in total. The topological polar surface area (TPSA) is 46.2 Å². The molecule has 0 aromatic heterocycles. The van der Waals surface area contributed by atoms with Crippen molar-refractivity contribution in [2.45, 2.75) is 25.1 Å². The number of rotatable bonds is 5. The van der Waals surface area contributed by atoms with Gasteiger partial charge < -0.3 is 10.8 Å². The van der Waals surface area contributed by atoms with E-state index in [0.717, 1.165) is 17.9 Å². The minimum absolute atomic E-state index is 0.284. The van der Waals surface area contributed by atoms with Crippen LogP contribution >= 0.6 is 11.8 Å². The molecule has 0 aliphatic carbocycles. The first-order chi connectivity index (χ1) is 6.68. The Bertz CT molecular complexity index is 276. The van der Waals surface area contributed by atoms with Crippen LogP contribution < -0.4 is 5.73 Å². The van der Waals surface area contributed by atoms with E-state index in [-0.39, 0.29) is 6.04 Å². The molecule has 2 nitrogen and oxygen atoms in total. The number of phenolic OH excluding ortho intramolecular Hbond substituents is 1. The van der Waals surface area contributed by atoms with Gasteiger partial charge in [0.2, 0.25) is 0 Å². The predicted molar refractivity (Wildman–Crippen MR) is 62.5 cm³/mol. The molecule has 3 heteroatoms. The van der Waals surface area contributed by atoms with E-state index in [4.69, 9.17) is 5.73 Å². The third-order valence-corrected chi connectivity index (χ3v) is 2.96. The Kier molecular flexibility index (Phi) is 4.84. The summed E-state index contributed by atoms with van der Waals surface area (Å²) in [5, 5.41) is 9.23. The summed E-state index contributed by atoms with van der Waals surface area (Å²) >= 11 is 1.85. The minimum Gasteiger partial charge on any atom is -0.508 e. The number of hydrogen-bond donors (Lipinski definition) is 2. The molecule has 14 heavy (non-hydrogen) atoms. The second kappa shape index (κ2) is 5.94. The lowest BCUT2D eigenvalue weighted by molar-refractivity contribution is 0.475. The summed E-state index contributed by atoms with van der Waals surface area (Å²) in [6.45, 7) is 2.02. The van der Waals surface area contributed by atoms with E-state index in [1.807, 2.05) is 30.8 Å². The summed E-state index contributed by atoms with van der Waals surface area (Å²) in [4.78, 5) is 0.